The standard InChI is InChI=1S/C14H20N2O/c1-14(2,3)13-7-6-11(10-15-13)12(17)8-9-16(4)5/h6-10H,1-5H3/b9-8+. The average molecular weight is 232 g/mol. The van der Waals surface area contributed by atoms with E-state index in [-0.39, 0.29) is 11.2 Å². The maximum atomic E-state index is 11.8. The van der Waals surface area contributed by atoms with Crippen LogP contribution in [-0.2, 0) is 5.41 Å². The molecule has 1 aromatic rings. The van der Waals surface area contributed by atoms with Crippen molar-refractivity contribution >= 4 is 5.78 Å². The fraction of sp³-hybridized carbons (Fsp3) is 0.429. The zero-order valence-electron chi connectivity index (χ0n) is 11.2. The number of nitrogens with zero attached hydrogens (tertiary/aromatic N) is 2. The van der Waals surface area contributed by atoms with E-state index in [1.54, 1.807) is 18.5 Å². The molecule has 17 heavy (non-hydrogen) atoms. The number of carbonyl (C=O) groups is 1. The molecule has 0 N–H and O–H groups in total. The van der Waals surface area contributed by atoms with Crippen molar-refractivity contribution in [3.8, 4) is 0 Å². The zero-order chi connectivity index (χ0) is 13.1. The Bertz CT molecular complexity index is 411. The highest BCUT2D eigenvalue weighted by Crippen LogP contribution is 2.19. The van der Waals surface area contributed by atoms with E-state index in [1.165, 1.54) is 0 Å². The Balaban J connectivity index is 2.85. The van der Waals surface area contributed by atoms with Crippen molar-refractivity contribution in [1.29, 1.82) is 0 Å². The third-order valence-corrected chi connectivity index (χ3v) is 2.34. The van der Waals surface area contributed by atoms with E-state index in [0.717, 1.165) is 5.69 Å². The van der Waals surface area contributed by atoms with Gasteiger partial charge in [-0.15, -0.1) is 0 Å². The molecule has 1 heterocycles. The van der Waals surface area contributed by atoms with E-state index >= 15 is 0 Å². The predicted molar refractivity (Wildman–Crippen MR) is 70.1 cm³/mol. The maximum Gasteiger partial charge on any atom is 0.188 e. The second kappa shape index (κ2) is 5.13. The minimum atomic E-state index is -0.0216. The van der Waals surface area contributed by atoms with E-state index in [9.17, 15) is 4.79 Å². The Morgan fingerprint density at radius 3 is 2.35 bits per heavy atom. The van der Waals surface area contributed by atoms with Gasteiger partial charge in [0.2, 0.25) is 0 Å². The Morgan fingerprint density at radius 1 is 1.29 bits per heavy atom. The van der Waals surface area contributed by atoms with Crippen LogP contribution in [-0.4, -0.2) is 29.8 Å². The Kier molecular flexibility index (Phi) is 4.05. The van der Waals surface area contributed by atoms with Gasteiger partial charge in [-0.05, 0) is 12.1 Å². The molecule has 0 bridgehead atoms. The summed E-state index contributed by atoms with van der Waals surface area (Å²) >= 11 is 0. The minimum absolute atomic E-state index is 0.0149. The van der Waals surface area contributed by atoms with Crippen molar-refractivity contribution in [2.75, 3.05) is 14.1 Å². The molecule has 0 aromatic carbocycles. The molecule has 0 spiro atoms. The Labute approximate surface area is 103 Å². The van der Waals surface area contributed by atoms with Crippen LogP contribution in [0.4, 0.5) is 0 Å². The summed E-state index contributed by atoms with van der Waals surface area (Å²) < 4.78 is 0. The molecule has 0 aliphatic heterocycles. The van der Waals surface area contributed by atoms with E-state index in [2.05, 4.69) is 25.8 Å². The van der Waals surface area contributed by atoms with Crippen molar-refractivity contribution < 1.29 is 4.79 Å². The molecule has 0 amide bonds. The first-order valence-corrected chi connectivity index (χ1v) is 5.66. The van der Waals surface area contributed by atoms with Crippen LogP contribution in [0, 0.1) is 0 Å². The van der Waals surface area contributed by atoms with Crippen molar-refractivity contribution in [2.24, 2.45) is 0 Å². The van der Waals surface area contributed by atoms with Gasteiger partial charge in [-0.2, -0.15) is 0 Å². The quantitative estimate of drug-likeness (QED) is 0.593. The van der Waals surface area contributed by atoms with Gasteiger partial charge < -0.3 is 4.90 Å². The van der Waals surface area contributed by atoms with Gasteiger partial charge in [0.05, 0.1) is 0 Å². The lowest BCUT2D eigenvalue weighted by Crippen LogP contribution is -2.13. The summed E-state index contributed by atoms with van der Waals surface area (Å²) in [5, 5.41) is 0. The molecule has 92 valence electrons. The Hall–Kier alpha value is -1.64. The van der Waals surface area contributed by atoms with Crippen molar-refractivity contribution in [3.63, 3.8) is 0 Å². The topological polar surface area (TPSA) is 33.2 Å². The molecular weight excluding hydrogens is 212 g/mol. The summed E-state index contributed by atoms with van der Waals surface area (Å²) in [5.74, 6) is -0.0216. The number of aromatic nitrogens is 1. The molecule has 3 nitrogen and oxygen atoms in total. The van der Waals surface area contributed by atoms with Gasteiger partial charge in [-0.3, -0.25) is 9.78 Å². The average Bonchev–Trinajstić information content (AvgIpc) is 2.25. The predicted octanol–water partition coefficient (Wildman–Crippen LogP) is 2.64. The molecule has 0 saturated carbocycles. The smallest absolute Gasteiger partial charge is 0.188 e. The van der Waals surface area contributed by atoms with Crippen molar-refractivity contribution in [2.45, 2.75) is 26.2 Å². The maximum absolute atomic E-state index is 11.8. The molecule has 0 unspecified atom stereocenters. The number of hydrogen-bond donors (Lipinski definition) is 0. The second-order valence-corrected chi connectivity index (χ2v) is 5.33. The third-order valence-electron chi connectivity index (χ3n) is 2.34. The Morgan fingerprint density at radius 2 is 1.94 bits per heavy atom. The van der Waals surface area contributed by atoms with Crippen LogP contribution in [0.2, 0.25) is 0 Å². The van der Waals surface area contributed by atoms with Gasteiger partial charge in [0.15, 0.2) is 5.78 Å². The van der Waals surface area contributed by atoms with Crippen molar-refractivity contribution in [3.05, 3.63) is 41.9 Å². The lowest BCUT2D eigenvalue weighted by molar-refractivity contribution is 0.104. The SMILES string of the molecule is CN(C)/C=C/C(=O)c1ccc(C(C)(C)C)nc1. The summed E-state index contributed by atoms with van der Waals surface area (Å²) in [5.41, 5.74) is 1.63. The zero-order valence-corrected chi connectivity index (χ0v) is 11.2. The highest BCUT2D eigenvalue weighted by molar-refractivity contribution is 6.04. The normalized spacial score (nSPS) is 11.8. The summed E-state index contributed by atoms with van der Waals surface area (Å²) in [6.45, 7) is 6.30. The minimum Gasteiger partial charge on any atom is -0.383 e. The van der Waals surface area contributed by atoms with Gasteiger partial charge in [0, 0.05) is 49.2 Å². The molecular formula is C14H20N2O. The first-order chi connectivity index (χ1) is 7.80. The molecule has 0 atom stereocenters. The number of ketones is 1. The van der Waals surface area contributed by atoms with Crippen LogP contribution in [0.5, 0.6) is 0 Å². The summed E-state index contributed by atoms with van der Waals surface area (Å²) in [6.07, 6.45) is 4.93. The molecule has 1 aromatic heterocycles. The fourth-order valence-electron chi connectivity index (χ4n) is 1.30. The van der Waals surface area contributed by atoms with Crippen LogP contribution >= 0.6 is 0 Å². The molecule has 3 heteroatoms. The summed E-state index contributed by atoms with van der Waals surface area (Å²) in [4.78, 5) is 17.9. The van der Waals surface area contributed by atoms with Crippen LogP contribution in [0.1, 0.15) is 36.8 Å². The van der Waals surface area contributed by atoms with Crippen LogP contribution < -0.4 is 0 Å². The number of carbonyl (C=O) groups excluding carboxylic acids is 1. The van der Waals surface area contributed by atoms with E-state index in [1.807, 2.05) is 31.1 Å². The molecule has 1 rings (SSSR count). The molecule has 0 aliphatic carbocycles. The largest absolute Gasteiger partial charge is 0.383 e. The number of allylic oxidation sites excluding steroid dienone is 1. The van der Waals surface area contributed by atoms with E-state index < -0.39 is 0 Å². The summed E-state index contributed by atoms with van der Waals surface area (Å²) in [7, 11) is 3.76. The molecule has 0 saturated heterocycles. The van der Waals surface area contributed by atoms with Crippen LogP contribution in [0.3, 0.4) is 0 Å². The van der Waals surface area contributed by atoms with Crippen LogP contribution in [0.15, 0.2) is 30.6 Å². The number of rotatable bonds is 3. The monoisotopic (exact) mass is 232 g/mol. The van der Waals surface area contributed by atoms with Gasteiger partial charge in [-0.25, -0.2) is 0 Å². The lowest BCUT2D eigenvalue weighted by atomic mass is 9.91. The number of hydrogen-bond acceptors (Lipinski definition) is 3. The van der Waals surface area contributed by atoms with Gasteiger partial charge in [0.1, 0.15) is 0 Å². The van der Waals surface area contributed by atoms with Crippen molar-refractivity contribution in [1.82, 2.24) is 9.88 Å². The van der Waals surface area contributed by atoms with Gasteiger partial charge >= 0.3 is 0 Å². The van der Waals surface area contributed by atoms with Crippen LogP contribution in [0.25, 0.3) is 0 Å². The lowest BCUT2D eigenvalue weighted by Gasteiger charge is -2.17. The first-order valence-electron chi connectivity index (χ1n) is 5.66. The number of pyridine rings is 1. The third kappa shape index (κ3) is 4.02. The van der Waals surface area contributed by atoms with Gasteiger partial charge in [0.25, 0.3) is 0 Å². The van der Waals surface area contributed by atoms with Gasteiger partial charge in [-0.1, -0.05) is 20.8 Å². The molecule has 0 radical (unpaired) electrons. The first kappa shape index (κ1) is 13.4. The fourth-order valence-corrected chi connectivity index (χ4v) is 1.30. The highest BCUT2D eigenvalue weighted by atomic mass is 16.1. The van der Waals surface area contributed by atoms with E-state index in [4.69, 9.17) is 0 Å². The second-order valence-electron chi connectivity index (χ2n) is 5.33. The highest BCUT2D eigenvalue weighted by Gasteiger charge is 2.15. The van der Waals surface area contributed by atoms with E-state index in [0.29, 0.717) is 5.56 Å². The molecule has 0 fully saturated rings. The molecule has 0 aliphatic rings. The summed E-state index contributed by atoms with van der Waals surface area (Å²) in [6, 6.07) is 3.74.